The second-order valence-corrected chi connectivity index (χ2v) is 16.8. The number of carbonyl (C=O) groups is 6. The lowest BCUT2D eigenvalue weighted by molar-refractivity contribution is -0.145. The molecule has 0 bridgehead atoms. The Bertz CT molecular complexity index is 1950. The molecular formula is C43H55N9O7. The van der Waals surface area contributed by atoms with E-state index in [1.807, 2.05) is 37.3 Å². The third-order valence-electron chi connectivity index (χ3n) is 11.1. The first-order valence-electron chi connectivity index (χ1n) is 20.7. The number of Topliss-reactive ketones (excluding diaryl/α,β-unsaturated/α-hetero) is 1. The quantitative estimate of drug-likeness (QED) is 0.154. The van der Waals surface area contributed by atoms with E-state index in [0.29, 0.717) is 25.0 Å². The Labute approximate surface area is 344 Å². The van der Waals surface area contributed by atoms with Gasteiger partial charge >= 0.3 is 0 Å². The molecular weight excluding hydrogens is 755 g/mol. The zero-order chi connectivity index (χ0) is 42.1. The lowest BCUT2D eigenvalue weighted by atomic mass is 9.82. The van der Waals surface area contributed by atoms with Crippen molar-refractivity contribution >= 4 is 35.3 Å². The Balaban J connectivity index is 1.25. The fraction of sp³-hybridized carbons (Fsp3) is 0.535. The molecule has 0 radical (unpaired) electrons. The molecule has 3 aromatic rings. The molecule has 3 aliphatic rings. The van der Waals surface area contributed by atoms with Crippen molar-refractivity contribution in [3.63, 3.8) is 0 Å². The van der Waals surface area contributed by atoms with E-state index < -0.39 is 71.0 Å². The minimum atomic E-state index is -1.15. The van der Waals surface area contributed by atoms with Crippen molar-refractivity contribution in [1.29, 1.82) is 0 Å². The Kier molecular flexibility index (Phi) is 14.0. The Morgan fingerprint density at radius 2 is 1.63 bits per heavy atom. The molecule has 5 atom stereocenters. The summed E-state index contributed by atoms with van der Waals surface area (Å²) < 4.78 is 6.24. The van der Waals surface area contributed by atoms with Crippen molar-refractivity contribution in [2.45, 2.75) is 128 Å². The molecule has 1 aliphatic heterocycles. The van der Waals surface area contributed by atoms with Gasteiger partial charge in [-0.25, -0.2) is 4.98 Å². The lowest BCUT2D eigenvalue weighted by Gasteiger charge is -2.37. The Morgan fingerprint density at radius 1 is 0.881 bits per heavy atom. The molecule has 4 N–H and O–H groups in total. The summed E-state index contributed by atoms with van der Waals surface area (Å²) in [5.74, 6) is -3.75. The van der Waals surface area contributed by atoms with Gasteiger partial charge in [-0.15, -0.1) is 10.2 Å². The molecule has 2 saturated carbocycles. The van der Waals surface area contributed by atoms with E-state index in [1.54, 1.807) is 32.9 Å². The van der Waals surface area contributed by atoms with Gasteiger partial charge in [0.05, 0.1) is 24.5 Å². The van der Waals surface area contributed by atoms with Crippen LogP contribution in [-0.4, -0.2) is 103 Å². The fourth-order valence-corrected chi connectivity index (χ4v) is 7.70. The number of rotatable bonds is 16. The highest BCUT2D eigenvalue weighted by Gasteiger charge is 2.47. The summed E-state index contributed by atoms with van der Waals surface area (Å²) in [4.78, 5) is 92.3. The van der Waals surface area contributed by atoms with Crippen LogP contribution in [0.3, 0.4) is 0 Å². The zero-order valence-electron chi connectivity index (χ0n) is 34.2. The van der Waals surface area contributed by atoms with Crippen molar-refractivity contribution < 1.29 is 33.5 Å². The number of ketones is 1. The summed E-state index contributed by atoms with van der Waals surface area (Å²) >= 11 is 0. The third-order valence-corrected chi connectivity index (χ3v) is 11.1. The Hall–Kier alpha value is -5.80. The molecule has 1 aromatic carbocycles. The summed E-state index contributed by atoms with van der Waals surface area (Å²) in [6.45, 7) is 7.21. The van der Waals surface area contributed by atoms with Crippen molar-refractivity contribution in [2.24, 2.45) is 11.3 Å². The molecule has 2 aromatic heterocycles. The van der Waals surface area contributed by atoms with Crippen LogP contribution >= 0.6 is 0 Å². The number of aromatic nitrogens is 4. The van der Waals surface area contributed by atoms with E-state index in [1.165, 1.54) is 23.5 Å². The van der Waals surface area contributed by atoms with Gasteiger partial charge in [-0.2, -0.15) is 0 Å². The van der Waals surface area contributed by atoms with Gasteiger partial charge in [0.25, 0.3) is 11.8 Å². The van der Waals surface area contributed by atoms with Gasteiger partial charge < -0.3 is 30.9 Å². The van der Waals surface area contributed by atoms with Crippen LogP contribution < -0.4 is 26.0 Å². The summed E-state index contributed by atoms with van der Waals surface area (Å²) in [6.07, 6.45) is 10.0. The predicted octanol–water partition coefficient (Wildman–Crippen LogP) is 3.32. The smallest absolute Gasteiger partial charge is 0.289 e. The highest BCUT2D eigenvalue weighted by atomic mass is 16.5. The van der Waals surface area contributed by atoms with Gasteiger partial charge in [-0.05, 0) is 49.5 Å². The summed E-state index contributed by atoms with van der Waals surface area (Å²) in [6, 6.07) is 8.57. The standard InChI is InChI=1S/C43H55N9O7/c1-5-12-31(36(53)41(57)46-28-17-18-28)47-39(55)33-23-29(59-34-20-19-30(50-51-34)26-13-8-6-9-14-26)25-52(33)42(58)37(43(2,3)4)49-40(56)35(27-15-10-7-11-16-27)48-38(54)32-24-44-21-22-45-32/h6,8-9,13-14,19-22,24,27-29,31,33,35,37H,5,7,10-12,15-18,23,25H2,1-4H3,(H,46,57)(H,47,55)(H,48,54)(H,49,56)/t29-,31?,33+,35?,37?/m0/s1. The minimum absolute atomic E-state index is 0.0324. The van der Waals surface area contributed by atoms with Crippen LogP contribution in [0, 0.1) is 11.3 Å². The first-order chi connectivity index (χ1) is 28.3. The number of carbonyl (C=O) groups excluding carboxylic acids is 6. The predicted molar refractivity (Wildman–Crippen MR) is 216 cm³/mol. The van der Waals surface area contributed by atoms with Crippen LogP contribution in [0.2, 0.25) is 0 Å². The molecule has 59 heavy (non-hydrogen) atoms. The average Bonchev–Trinajstić information content (AvgIpc) is 3.96. The maximum Gasteiger partial charge on any atom is 0.289 e. The molecule has 3 heterocycles. The van der Waals surface area contributed by atoms with Crippen molar-refractivity contribution in [3.05, 3.63) is 66.7 Å². The van der Waals surface area contributed by atoms with Crippen molar-refractivity contribution in [1.82, 2.24) is 46.3 Å². The molecule has 3 unspecified atom stereocenters. The van der Waals surface area contributed by atoms with Gasteiger partial charge in [0.1, 0.15) is 29.9 Å². The number of nitrogens with one attached hydrogen (secondary N) is 4. The maximum atomic E-state index is 14.9. The molecule has 314 valence electrons. The number of amides is 5. The molecule has 16 heteroatoms. The highest BCUT2D eigenvalue weighted by molar-refractivity contribution is 6.38. The molecule has 6 rings (SSSR count). The van der Waals surface area contributed by atoms with Crippen LogP contribution in [0.25, 0.3) is 11.3 Å². The summed E-state index contributed by atoms with van der Waals surface area (Å²) in [5.41, 5.74) is 0.709. The Morgan fingerprint density at radius 3 is 2.25 bits per heavy atom. The van der Waals surface area contributed by atoms with Crippen LogP contribution in [0.4, 0.5) is 0 Å². The van der Waals surface area contributed by atoms with Gasteiger partial charge in [-0.1, -0.05) is 83.7 Å². The number of hydrogen-bond donors (Lipinski definition) is 4. The fourth-order valence-electron chi connectivity index (χ4n) is 7.70. The van der Waals surface area contributed by atoms with Gasteiger partial charge in [0.15, 0.2) is 0 Å². The number of nitrogens with zero attached hydrogens (tertiary/aromatic N) is 5. The van der Waals surface area contributed by atoms with E-state index in [9.17, 15) is 28.8 Å². The highest BCUT2D eigenvalue weighted by Crippen LogP contribution is 2.31. The molecule has 1 saturated heterocycles. The molecule has 5 amide bonds. The largest absolute Gasteiger partial charge is 0.471 e. The van der Waals surface area contributed by atoms with Crippen LogP contribution in [0.1, 0.15) is 102 Å². The monoisotopic (exact) mass is 809 g/mol. The second-order valence-electron chi connectivity index (χ2n) is 16.8. The second kappa shape index (κ2) is 19.3. The molecule has 3 fully saturated rings. The average molecular weight is 810 g/mol. The van der Waals surface area contributed by atoms with Crippen LogP contribution in [-0.2, 0) is 24.0 Å². The van der Waals surface area contributed by atoms with E-state index in [4.69, 9.17) is 4.74 Å². The van der Waals surface area contributed by atoms with Crippen molar-refractivity contribution in [3.8, 4) is 17.1 Å². The zero-order valence-corrected chi connectivity index (χ0v) is 34.2. The van der Waals surface area contributed by atoms with E-state index >= 15 is 0 Å². The molecule has 2 aliphatic carbocycles. The van der Waals surface area contributed by atoms with Crippen LogP contribution in [0.15, 0.2) is 61.1 Å². The van der Waals surface area contributed by atoms with Crippen LogP contribution in [0.5, 0.6) is 5.88 Å². The summed E-state index contributed by atoms with van der Waals surface area (Å²) in [7, 11) is 0. The van der Waals surface area contributed by atoms with E-state index in [2.05, 4.69) is 41.4 Å². The molecule has 16 nitrogen and oxygen atoms in total. The van der Waals surface area contributed by atoms with E-state index in [0.717, 1.165) is 37.7 Å². The normalized spacial score (nSPS) is 19.8. The topological polar surface area (TPSA) is 215 Å². The third kappa shape index (κ3) is 11.2. The van der Waals surface area contributed by atoms with E-state index in [-0.39, 0.29) is 42.9 Å². The first kappa shape index (κ1) is 42.8. The number of likely N-dealkylation sites (tertiary alicyclic amines) is 1. The van der Waals surface area contributed by atoms with Gasteiger partial charge in [0.2, 0.25) is 29.4 Å². The molecule has 0 spiro atoms. The lowest BCUT2D eigenvalue weighted by Crippen LogP contribution is -2.62. The van der Waals surface area contributed by atoms with Gasteiger partial charge in [-0.3, -0.25) is 33.8 Å². The number of hydrogen-bond acceptors (Lipinski definition) is 11. The SMILES string of the molecule is CCCC(NC(=O)[C@H]1C[C@H](Oc2ccc(-c3ccccc3)nn2)CN1C(=O)C(NC(=O)C(NC(=O)c1cnccn1)C1CCCCC1)C(C)(C)C)C(=O)C(=O)NC1CC1. The summed E-state index contributed by atoms with van der Waals surface area (Å²) in [5, 5.41) is 19.9. The number of benzene rings is 1. The maximum absolute atomic E-state index is 14.9. The minimum Gasteiger partial charge on any atom is -0.471 e. The number of ether oxygens (including phenoxy) is 1. The van der Waals surface area contributed by atoms with Crippen molar-refractivity contribution in [2.75, 3.05) is 6.54 Å². The first-order valence-corrected chi connectivity index (χ1v) is 20.7. The van der Waals surface area contributed by atoms with Gasteiger partial charge in [0, 0.05) is 36.5 Å².